The molecule has 1 aliphatic heterocycles. The Morgan fingerprint density at radius 1 is 1.03 bits per heavy atom. The molecule has 1 fully saturated rings. The zero-order valence-corrected chi connectivity index (χ0v) is 17.6. The summed E-state index contributed by atoms with van der Waals surface area (Å²) in [6, 6.07) is 12.1. The van der Waals surface area contributed by atoms with Crippen molar-refractivity contribution in [2.24, 2.45) is 0 Å². The predicted octanol–water partition coefficient (Wildman–Crippen LogP) is 3.18. The van der Waals surface area contributed by atoms with Crippen LogP contribution in [0.2, 0.25) is 0 Å². The Morgan fingerprint density at radius 3 is 2.44 bits per heavy atom. The number of rotatable bonds is 6. The lowest BCUT2D eigenvalue weighted by Crippen LogP contribution is -2.52. The molecule has 2 aromatic carbocycles. The van der Waals surface area contributed by atoms with E-state index in [4.69, 9.17) is 4.74 Å². The Labute approximate surface area is 184 Å². The number of ether oxygens (including phenoxy) is 1. The van der Waals surface area contributed by atoms with Crippen LogP contribution in [-0.4, -0.2) is 61.6 Å². The van der Waals surface area contributed by atoms with Gasteiger partial charge in [-0.25, -0.2) is 4.79 Å². The zero-order chi connectivity index (χ0) is 23.1. The molecule has 0 aliphatic carbocycles. The molecule has 0 radical (unpaired) electrons. The number of alkyl halides is 3. The van der Waals surface area contributed by atoms with Crippen molar-refractivity contribution < 1.29 is 27.5 Å². The number of nitrogens with zero attached hydrogens (tertiary/aromatic N) is 2. The number of anilines is 1. The van der Waals surface area contributed by atoms with Crippen molar-refractivity contribution in [3.63, 3.8) is 0 Å². The van der Waals surface area contributed by atoms with Crippen molar-refractivity contribution in [2.75, 3.05) is 45.2 Å². The first-order valence-electron chi connectivity index (χ1n) is 10.1. The Morgan fingerprint density at radius 2 is 1.75 bits per heavy atom. The molecular weight excluding hydrogens is 425 g/mol. The van der Waals surface area contributed by atoms with Crippen LogP contribution in [0.15, 0.2) is 48.5 Å². The number of amides is 3. The summed E-state index contributed by atoms with van der Waals surface area (Å²) in [6.07, 6.45) is -4.55. The zero-order valence-electron chi connectivity index (χ0n) is 17.6. The van der Waals surface area contributed by atoms with Gasteiger partial charge in [0.15, 0.2) is 0 Å². The second-order valence-electron chi connectivity index (χ2n) is 7.36. The van der Waals surface area contributed by atoms with Crippen LogP contribution in [0.5, 0.6) is 5.75 Å². The Hall–Kier alpha value is -3.27. The van der Waals surface area contributed by atoms with Gasteiger partial charge in [-0.15, -0.1) is 0 Å². The van der Waals surface area contributed by atoms with Crippen LogP contribution in [0.4, 0.5) is 23.7 Å². The van der Waals surface area contributed by atoms with Gasteiger partial charge in [0.1, 0.15) is 5.75 Å². The first-order chi connectivity index (χ1) is 15.3. The van der Waals surface area contributed by atoms with E-state index in [9.17, 15) is 22.8 Å². The lowest BCUT2D eigenvalue weighted by molar-refractivity contribution is -0.137. The molecule has 1 heterocycles. The standard InChI is InChI=1S/C22H25F3N4O3/c1-32-17-6-4-5-16(13-17)14-26-21(31)29-11-9-28(10-12-29)15-20(30)27-19-8-3-2-7-18(19)22(23,24)25/h2-8,13H,9-12,14-15H2,1H3,(H,26,31)(H,27,30). The van der Waals surface area contributed by atoms with E-state index in [0.717, 1.165) is 11.6 Å². The highest BCUT2D eigenvalue weighted by molar-refractivity contribution is 5.93. The SMILES string of the molecule is COc1cccc(CNC(=O)N2CCN(CC(=O)Nc3ccccc3C(F)(F)F)CC2)c1. The van der Waals surface area contributed by atoms with E-state index in [1.165, 1.54) is 18.2 Å². The quantitative estimate of drug-likeness (QED) is 0.709. The van der Waals surface area contributed by atoms with Crippen LogP contribution < -0.4 is 15.4 Å². The van der Waals surface area contributed by atoms with Gasteiger partial charge in [0.25, 0.3) is 0 Å². The van der Waals surface area contributed by atoms with Crippen LogP contribution in [-0.2, 0) is 17.5 Å². The molecule has 1 aliphatic rings. The number of halogens is 3. The van der Waals surface area contributed by atoms with Crippen molar-refractivity contribution >= 4 is 17.6 Å². The van der Waals surface area contributed by atoms with E-state index in [0.29, 0.717) is 38.5 Å². The summed E-state index contributed by atoms with van der Waals surface area (Å²) in [5.41, 5.74) is -0.237. The highest BCUT2D eigenvalue weighted by atomic mass is 19.4. The lowest BCUT2D eigenvalue weighted by Gasteiger charge is -2.34. The molecule has 0 bridgehead atoms. The van der Waals surface area contributed by atoms with Gasteiger partial charge in [-0.1, -0.05) is 24.3 Å². The van der Waals surface area contributed by atoms with E-state index < -0.39 is 17.6 Å². The predicted molar refractivity (Wildman–Crippen MR) is 113 cm³/mol. The van der Waals surface area contributed by atoms with Gasteiger partial charge in [0.2, 0.25) is 5.91 Å². The minimum absolute atomic E-state index is 0.0501. The number of nitrogens with one attached hydrogen (secondary N) is 2. The van der Waals surface area contributed by atoms with E-state index in [-0.39, 0.29) is 18.3 Å². The third kappa shape index (κ3) is 6.36. The van der Waals surface area contributed by atoms with Crippen LogP contribution >= 0.6 is 0 Å². The Kier molecular flexibility index (Phi) is 7.57. The van der Waals surface area contributed by atoms with Gasteiger partial charge in [0, 0.05) is 32.7 Å². The molecule has 2 aromatic rings. The molecule has 2 N–H and O–H groups in total. The molecule has 0 unspecified atom stereocenters. The summed E-state index contributed by atoms with van der Waals surface area (Å²) in [5.74, 6) is 0.180. The number of para-hydroxylation sites is 1. The van der Waals surface area contributed by atoms with Crippen LogP contribution in [0.1, 0.15) is 11.1 Å². The maximum Gasteiger partial charge on any atom is 0.418 e. The maximum atomic E-state index is 13.1. The molecule has 3 amide bonds. The number of hydrogen-bond acceptors (Lipinski definition) is 4. The molecule has 0 atom stereocenters. The second kappa shape index (κ2) is 10.4. The molecule has 1 saturated heterocycles. The van der Waals surface area contributed by atoms with Crippen LogP contribution in [0.3, 0.4) is 0 Å². The van der Waals surface area contributed by atoms with Gasteiger partial charge < -0.3 is 20.3 Å². The number of carbonyl (C=O) groups is 2. The van der Waals surface area contributed by atoms with Crippen molar-refractivity contribution in [3.8, 4) is 5.75 Å². The summed E-state index contributed by atoms with van der Waals surface area (Å²) in [7, 11) is 1.58. The summed E-state index contributed by atoms with van der Waals surface area (Å²) in [6.45, 7) is 2.03. The van der Waals surface area contributed by atoms with Gasteiger partial charge in [-0.2, -0.15) is 13.2 Å². The fourth-order valence-corrected chi connectivity index (χ4v) is 3.41. The smallest absolute Gasteiger partial charge is 0.418 e. The van der Waals surface area contributed by atoms with E-state index >= 15 is 0 Å². The summed E-state index contributed by atoms with van der Waals surface area (Å²) in [4.78, 5) is 28.1. The molecular formula is C22H25F3N4O3. The molecule has 3 rings (SSSR count). The van der Waals surface area contributed by atoms with Gasteiger partial charge in [-0.05, 0) is 29.8 Å². The first-order valence-corrected chi connectivity index (χ1v) is 10.1. The third-order valence-electron chi connectivity index (χ3n) is 5.11. The van der Waals surface area contributed by atoms with Crippen molar-refractivity contribution in [2.45, 2.75) is 12.7 Å². The van der Waals surface area contributed by atoms with Crippen LogP contribution in [0.25, 0.3) is 0 Å². The molecule has 7 nitrogen and oxygen atoms in total. The van der Waals surface area contributed by atoms with Crippen molar-refractivity contribution in [1.82, 2.24) is 15.1 Å². The molecule has 0 spiro atoms. The van der Waals surface area contributed by atoms with Gasteiger partial charge in [0.05, 0.1) is 24.9 Å². The molecule has 0 aromatic heterocycles. The average Bonchev–Trinajstić information content (AvgIpc) is 2.77. The number of benzene rings is 2. The Bertz CT molecular complexity index is 944. The average molecular weight is 450 g/mol. The monoisotopic (exact) mass is 450 g/mol. The number of hydrogen-bond donors (Lipinski definition) is 2. The summed E-state index contributed by atoms with van der Waals surface area (Å²) >= 11 is 0. The third-order valence-corrected chi connectivity index (χ3v) is 5.11. The van der Waals surface area contributed by atoms with E-state index in [2.05, 4.69) is 10.6 Å². The fourth-order valence-electron chi connectivity index (χ4n) is 3.41. The topological polar surface area (TPSA) is 73.9 Å². The maximum absolute atomic E-state index is 13.1. The molecule has 32 heavy (non-hydrogen) atoms. The van der Waals surface area contributed by atoms with E-state index in [1.807, 2.05) is 24.3 Å². The molecule has 10 heteroatoms. The molecule has 0 saturated carbocycles. The lowest BCUT2D eigenvalue weighted by atomic mass is 10.1. The van der Waals surface area contributed by atoms with Gasteiger partial charge >= 0.3 is 12.2 Å². The fraction of sp³-hybridized carbons (Fsp3) is 0.364. The number of urea groups is 1. The highest BCUT2D eigenvalue weighted by Gasteiger charge is 2.33. The Balaban J connectivity index is 1.44. The first kappa shape index (κ1) is 23.4. The second-order valence-corrected chi connectivity index (χ2v) is 7.36. The van der Waals surface area contributed by atoms with E-state index in [1.54, 1.807) is 16.9 Å². The highest BCUT2D eigenvalue weighted by Crippen LogP contribution is 2.34. The number of piperazine rings is 1. The van der Waals surface area contributed by atoms with Crippen molar-refractivity contribution in [3.05, 3.63) is 59.7 Å². The minimum atomic E-state index is -4.55. The summed E-state index contributed by atoms with van der Waals surface area (Å²) in [5, 5.41) is 5.20. The van der Waals surface area contributed by atoms with Crippen molar-refractivity contribution in [1.29, 1.82) is 0 Å². The normalized spacial score (nSPS) is 14.7. The van der Waals surface area contributed by atoms with Crippen LogP contribution in [0, 0.1) is 0 Å². The summed E-state index contributed by atoms with van der Waals surface area (Å²) < 4.78 is 44.4. The number of methoxy groups -OCH3 is 1. The molecule has 172 valence electrons. The largest absolute Gasteiger partial charge is 0.497 e. The number of carbonyl (C=O) groups excluding carboxylic acids is 2. The minimum Gasteiger partial charge on any atom is -0.497 e. The van der Waals surface area contributed by atoms with Gasteiger partial charge in [-0.3, -0.25) is 9.69 Å².